The largest absolute Gasteiger partial charge is 0.497 e. The zero-order valence-corrected chi connectivity index (χ0v) is 13.6. The topological polar surface area (TPSA) is 97.6 Å². The van der Waals surface area contributed by atoms with Gasteiger partial charge in [0.2, 0.25) is 0 Å². The monoisotopic (exact) mass is 336 g/mol. The summed E-state index contributed by atoms with van der Waals surface area (Å²) in [5, 5.41) is 19.0. The van der Waals surface area contributed by atoms with E-state index in [0.717, 1.165) is 0 Å². The van der Waals surface area contributed by atoms with Crippen LogP contribution in [0.25, 0.3) is 0 Å². The summed E-state index contributed by atoms with van der Waals surface area (Å²) < 4.78 is 11.6. The molecule has 0 bridgehead atoms. The molecule has 9 heteroatoms. The minimum atomic E-state index is -1.10. The second-order valence-electron chi connectivity index (χ2n) is 4.48. The van der Waals surface area contributed by atoms with Crippen molar-refractivity contribution in [2.45, 2.75) is 0 Å². The van der Waals surface area contributed by atoms with Crippen molar-refractivity contribution in [1.29, 1.82) is 0 Å². The normalized spacial score (nSPS) is 10.0. The standard InChI is InChI=1S/C14H16N4O4S/c1-18-12(13(19)20)10(7-15-18)17-14(23)16-9-5-4-8(21-2)6-11(9)22-3/h4-7H,1-3H3,(H,19,20)(H2,16,17,23). The van der Waals surface area contributed by atoms with Crippen molar-refractivity contribution in [3.63, 3.8) is 0 Å². The summed E-state index contributed by atoms with van der Waals surface area (Å²) in [5.74, 6) is 0.0853. The van der Waals surface area contributed by atoms with E-state index in [0.29, 0.717) is 22.9 Å². The van der Waals surface area contributed by atoms with Gasteiger partial charge in [0.05, 0.1) is 31.8 Å². The minimum Gasteiger partial charge on any atom is -0.497 e. The Kier molecular flexibility index (Phi) is 5.02. The van der Waals surface area contributed by atoms with Crippen molar-refractivity contribution in [2.75, 3.05) is 24.9 Å². The smallest absolute Gasteiger partial charge is 0.356 e. The van der Waals surface area contributed by atoms with Gasteiger partial charge in [0.1, 0.15) is 11.5 Å². The summed E-state index contributed by atoms with van der Waals surface area (Å²) in [6.07, 6.45) is 1.39. The lowest BCUT2D eigenvalue weighted by molar-refractivity contribution is 0.0686. The number of hydrogen-bond acceptors (Lipinski definition) is 5. The van der Waals surface area contributed by atoms with Gasteiger partial charge < -0.3 is 25.2 Å². The van der Waals surface area contributed by atoms with Gasteiger partial charge in [-0.2, -0.15) is 5.10 Å². The summed E-state index contributed by atoms with van der Waals surface area (Å²) in [5.41, 5.74) is 0.924. The summed E-state index contributed by atoms with van der Waals surface area (Å²) in [4.78, 5) is 11.2. The zero-order chi connectivity index (χ0) is 17.0. The lowest BCUT2D eigenvalue weighted by atomic mass is 10.2. The summed E-state index contributed by atoms with van der Waals surface area (Å²) in [6.45, 7) is 0. The Morgan fingerprint density at radius 1 is 1.26 bits per heavy atom. The number of aromatic carboxylic acids is 1. The molecule has 1 aromatic carbocycles. The first-order valence-corrected chi connectivity index (χ1v) is 6.92. The Balaban J connectivity index is 2.16. The summed E-state index contributed by atoms with van der Waals surface area (Å²) >= 11 is 5.20. The molecule has 0 spiro atoms. The van der Waals surface area contributed by atoms with Crippen LogP contribution < -0.4 is 20.1 Å². The number of hydrogen-bond donors (Lipinski definition) is 3. The number of methoxy groups -OCH3 is 2. The van der Waals surface area contributed by atoms with Crippen molar-refractivity contribution in [2.24, 2.45) is 7.05 Å². The fraction of sp³-hybridized carbons (Fsp3) is 0.214. The number of carbonyl (C=O) groups is 1. The molecule has 122 valence electrons. The number of carboxylic acid groups (broad SMARTS) is 1. The second kappa shape index (κ2) is 6.97. The van der Waals surface area contributed by atoms with Gasteiger partial charge in [0.25, 0.3) is 0 Å². The maximum atomic E-state index is 11.2. The van der Waals surface area contributed by atoms with Gasteiger partial charge in [-0.15, -0.1) is 0 Å². The van der Waals surface area contributed by atoms with Crippen LogP contribution in [-0.2, 0) is 7.05 Å². The maximum Gasteiger partial charge on any atom is 0.356 e. The van der Waals surface area contributed by atoms with Gasteiger partial charge in [-0.05, 0) is 24.4 Å². The van der Waals surface area contributed by atoms with Crippen LogP contribution in [0, 0.1) is 0 Å². The molecule has 1 heterocycles. The quantitative estimate of drug-likeness (QED) is 0.713. The number of ether oxygens (including phenoxy) is 2. The molecule has 0 fully saturated rings. The molecule has 0 aliphatic carbocycles. The molecule has 0 unspecified atom stereocenters. The van der Waals surface area contributed by atoms with Crippen LogP contribution in [0.4, 0.5) is 11.4 Å². The maximum absolute atomic E-state index is 11.2. The fourth-order valence-corrected chi connectivity index (χ4v) is 2.18. The number of anilines is 2. The number of aryl methyl sites for hydroxylation is 1. The molecule has 0 saturated carbocycles. The second-order valence-corrected chi connectivity index (χ2v) is 4.89. The first-order valence-electron chi connectivity index (χ1n) is 6.51. The summed E-state index contributed by atoms with van der Waals surface area (Å²) in [7, 11) is 4.63. The fourth-order valence-electron chi connectivity index (χ4n) is 1.96. The number of rotatable bonds is 5. The van der Waals surface area contributed by atoms with E-state index in [1.807, 2.05) is 0 Å². The Labute approximate surface area is 138 Å². The van der Waals surface area contributed by atoms with Gasteiger partial charge in [-0.25, -0.2) is 4.79 Å². The number of carboxylic acids is 1. The minimum absolute atomic E-state index is 0.0100. The van der Waals surface area contributed by atoms with E-state index in [1.165, 1.54) is 25.0 Å². The van der Waals surface area contributed by atoms with Crippen molar-refractivity contribution in [1.82, 2.24) is 9.78 Å². The molecule has 3 N–H and O–H groups in total. The van der Waals surface area contributed by atoms with E-state index in [1.54, 1.807) is 25.3 Å². The molecule has 8 nitrogen and oxygen atoms in total. The Hall–Kier alpha value is -2.81. The lowest BCUT2D eigenvalue weighted by Gasteiger charge is -2.14. The summed E-state index contributed by atoms with van der Waals surface area (Å²) in [6, 6.07) is 5.20. The van der Waals surface area contributed by atoms with Crippen molar-refractivity contribution >= 4 is 34.7 Å². The Morgan fingerprint density at radius 3 is 2.57 bits per heavy atom. The van der Waals surface area contributed by atoms with Crippen molar-refractivity contribution in [3.8, 4) is 11.5 Å². The highest BCUT2D eigenvalue weighted by molar-refractivity contribution is 7.80. The highest BCUT2D eigenvalue weighted by atomic mass is 32.1. The SMILES string of the molecule is COc1ccc(NC(=S)Nc2cnn(C)c2C(=O)O)c(OC)c1. The van der Waals surface area contributed by atoms with E-state index in [-0.39, 0.29) is 10.8 Å². The molecule has 0 radical (unpaired) electrons. The number of thiocarbonyl (C=S) groups is 1. The molecular weight excluding hydrogens is 320 g/mol. The van der Waals surface area contributed by atoms with E-state index in [4.69, 9.17) is 21.7 Å². The molecule has 0 saturated heterocycles. The van der Waals surface area contributed by atoms with Crippen LogP contribution in [0.1, 0.15) is 10.5 Å². The molecule has 23 heavy (non-hydrogen) atoms. The highest BCUT2D eigenvalue weighted by Gasteiger charge is 2.17. The van der Waals surface area contributed by atoms with Crippen molar-refractivity contribution in [3.05, 3.63) is 30.1 Å². The van der Waals surface area contributed by atoms with Gasteiger partial charge in [0, 0.05) is 13.1 Å². The highest BCUT2D eigenvalue weighted by Crippen LogP contribution is 2.29. The molecule has 2 aromatic rings. The van der Waals surface area contributed by atoms with Crippen LogP contribution >= 0.6 is 12.2 Å². The first kappa shape index (κ1) is 16.6. The van der Waals surface area contributed by atoms with Crippen LogP contribution in [-0.4, -0.2) is 40.2 Å². The average molecular weight is 336 g/mol. The average Bonchev–Trinajstić information content (AvgIpc) is 2.88. The van der Waals surface area contributed by atoms with Gasteiger partial charge >= 0.3 is 5.97 Å². The third-order valence-corrected chi connectivity index (χ3v) is 3.25. The molecule has 0 aliphatic heterocycles. The lowest BCUT2D eigenvalue weighted by Crippen LogP contribution is -2.21. The molecular formula is C14H16N4O4S. The number of nitrogens with one attached hydrogen (secondary N) is 2. The van der Waals surface area contributed by atoms with Gasteiger partial charge in [-0.1, -0.05) is 0 Å². The first-order chi connectivity index (χ1) is 11.0. The van der Waals surface area contributed by atoms with Crippen LogP contribution in [0.2, 0.25) is 0 Å². The van der Waals surface area contributed by atoms with Crippen LogP contribution in [0.3, 0.4) is 0 Å². The Bertz CT molecular complexity index is 744. The molecule has 0 atom stereocenters. The Morgan fingerprint density at radius 2 is 1.96 bits per heavy atom. The van der Waals surface area contributed by atoms with Gasteiger partial charge in [-0.3, -0.25) is 4.68 Å². The number of aromatic nitrogens is 2. The van der Waals surface area contributed by atoms with E-state index in [2.05, 4.69) is 15.7 Å². The molecule has 1 aromatic heterocycles. The van der Waals surface area contributed by atoms with E-state index >= 15 is 0 Å². The predicted molar refractivity (Wildman–Crippen MR) is 89.6 cm³/mol. The van der Waals surface area contributed by atoms with Crippen molar-refractivity contribution < 1.29 is 19.4 Å². The third kappa shape index (κ3) is 3.69. The number of nitrogens with zero attached hydrogens (tertiary/aromatic N) is 2. The number of benzene rings is 1. The van der Waals surface area contributed by atoms with Crippen LogP contribution in [0.15, 0.2) is 24.4 Å². The zero-order valence-electron chi connectivity index (χ0n) is 12.8. The van der Waals surface area contributed by atoms with Gasteiger partial charge in [0.15, 0.2) is 10.8 Å². The van der Waals surface area contributed by atoms with E-state index < -0.39 is 5.97 Å². The predicted octanol–water partition coefficient (Wildman–Crippen LogP) is 1.94. The molecule has 2 rings (SSSR count). The third-order valence-electron chi connectivity index (χ3n) is 3.05. The van der Waals surface area contributed by atoms with E-state index in [9.17, 15) is 9.90 Å². The van der Waals surface area contributed by atoms with Crippen LogP contribution in [0.5, 0.6) is 11.5 Å². The molecule has 0 aliphatic rings. The molecule has 0 amide bonds.